The molecular formula is C14H17BrN2. The van der Waals surface area contributed by atoms with Gasteiger partial charge in [0.1, 0.15) is 0 Å². The van der Waals surface area contributed by atoms with Crippen LogP contribution in [0, 0.1) is 5.92 Å². The van der Waals surface area contributed by atoms with Crippen LogP contribution < -0.4 is 5.73 Å². The smallest absolute Gasteiger partial charge is 0.0457 e. The van der Waals surface area contributed by atoms with Crippen molar-refractivity contribution in [2.75, 3.05) is 0 Å². The van der Waals surface area contributed by atoms with E-state index < -0.39 is 0 Å². The summed E-state index contributed by atoms with van der Waals surface area (Å²) in [6.45, 7) is 0. The average Bonchev–Trinajstić information content (AvgIpc) is 2.88. The number of rotatable bonds is 2. The number of hydrogen-bond donors (Lipinski definition) is 2. The fourth-order valence-electron chi connectivity index (χ4n) is 2.92. The fourth-order valence-corrected chi connectivity index (χ4v) is 3.28. The molecule has 1 fully saturated rings. The number of aromatic amines is 1. The van der Waals surface area contributed by atoms with Crippen LogP contribution in [0.15, 0.2) is 28.9 Å². The number of nitrogens with one attached hydrogen (secondary N) is 1. The molecule has 1 aromatic heterocycles. The summed E-state index contributed by atoms with van der Waals surface area (Å²) in [5.41, 5.74) is 8.77. The monoisotopic (exact) mass is 292 g/mol. The minimum absolute atomic E-state index is 0.395. The van der Waals surface area contributed by atoms with Gasteiger partial charge in [-0.05, 0) is 48.9 Å². The van der Waals surface area contributed by atoms with Gasteiger partial charge in [-0.15, -0.1) is 0 Å². The Kier molecular flexibility index (Phi) is 2.97. The highest BCUT2D eigenvalue weighted by Crippen LogP contribution is 2.30. The molecule has 3 rings (SSSR count). The second-order valence-electron chi connectivity index (χ2n) is 5.06. The Labute approximate surface area is 110 Å². The number of aromatic nitrogens is 1. The van der Waals surface area contributed by atoms with E-state index in [-0.39, 0.29) is 0 Å². The first-order chi connectivity index (χ1) is 8.24. The Bertz CT molecular complexity index is 532. The highest BCUT2D eigenvalue weighted by molar-refractivity contribution is 9.10. The first-order valence-corrected chi connectivity index (χ1v) is 7.04. The Hall–Kier alpha value is -0.800. The zero-order valence-electron chi connectivity index (χ0n) is 9.75. The molecule has 0 bridgehead atoms. The predicted octanol–water partition coefficient (Wildman–Crippen LogP) is 3.60. The Morgan fingerprint density at radius 2 is 2.24 bits per heavy atom. The lowest BCUT2D eigenvalue weighted by molar-refractivity contribution is 0.480. The van der Waals surface area contributed by atoms with Crippen LogP contribution in [0.4, 0.5) is 0 Å². The predicted molar refractivity (Wildman–Crippen MR) is 75.0 cm³/mol. The molecule has 1 saturated carbocycles. The third kappa shape index (κ3) is 2.14. The van der Waals surface area contributed by atoms with Crippen molar-refractivity contribution in [2.24, 2.45) is 11.7 Å². The molecule has 2 unspecified atom stereocenters. The van der Waals surface area contributed by atoms with Crippen molar-refractivity contribution >= 4 is 26.8 Å². The molecule has 0 saturated heterocycles. The van der Waals surface area contributed by atoms with Gasteiger partial charge in [-0.2, -0.15) is 0 Å². The van der Waals surface area contributed by atoms with Gasteiger partial charge < -0.3 is 10.7 Å². The van der Waals surface area contributed by atoms with Gasteiger partial charge in [-0.3, -0.25) is 0 Å². The highest BCUT2D eigenvalue weighted by Gasteiger charge is 2.24. The van der Waals surface area contributed by atoms with E-state index in [4.69, 9.17) is 5.73 Å². The zero-order valence-corrected chi connectivity index (χ0v) is 11.3. The van der Waals surface area contributed by atoms with Crippen molar-refractivity contribution in [1.29, 1.82) is 0 Å². The molecule has 0 spiro atoms. The van der Waals surface area contributed by atoms with E-state index in [0.29, 0.717) is 12.0 Å². The number of fused-ring (bicyclic) bond motifs is 1. The number of H-pyrrole nitrogens is 1. The molecule has 1 heterocycles. The first-order valence-electron chi connectivity index (χ1n) is 6.25. The summed E-state index contributed by atoms with van der Waals surface area (Å²) in [6.07, 6.45) is 7.01. The molecule has 17 heavy (non-hydrogen) atoms. The van der Waals surface area contributed by atoms with Gasteiger partial charge in [0.25, 0.3) is 0 Å². The van der Waals surface area contributed by atoms with Gasteiger partial charge in [-0.25, -0.2) is 0 Å². The first kappa shape index (κ1) is 11.3. The third-order valence-corrected chi connectivity index (χ3v) is 4.42. The summed E-state index contributed by atoms with van der Waals surface area (Å²) in [6, 6.07) is 6.79. The molecule has 2 aromatic rings. The van der Waals surface area contributed by atoms with Crippen LogP contribution in [-0.4, -0.2) is 11.0 Å². The van der Waals surface area contributed by atoms with E-state index in [1.807, 2.05) is 0 Å². The number of nitrogens with two attached hydrogens (primary N) is 1. The normalized spacial score (nSPS) is 24.6. The van der Waals surface area contributed by atoms with Crippen molar-refractivity contribution in [1.82, 2.24) is 4.98 Å². The van der Waals surface area contributed by atoms with Gasteiger partial charge >= 0.3 is 0 Å². The zero-order chi connectivity index (χ0) is 11.8. The maximum atomic E-state index is 6.15. The molecule has 90 valence electrons. The van der Waals surface area contributed by atoms with Crippen molar-refractivity contribution in [3.05, 3.63) is 34.4 Å². The van der Waals surface area contributed by atoms with Crippen LogP contribution in [0.2, 0.25) is 0 Å². The Morgan fingerprint density at radius 3 is 3.00 bits per heavy atom. The molecule has 0 amide bonds. The summed E-state index contributed by atoms with van der Waals surface area (Å²) in [5.74, 6) is 0.660. The molecule has 0 radical (unpaired) electrons. The minimum atomic E-state index is 0.395. The van der Waals surface area contributed by atoms with Crippen LogP contribution in [-0.2, 0) is 6.42 Å². The van der Waals surface area contributed by atoms with Crippen LogP contribution >= 0.6 is 15.9 Å². The lowest BCUT2D eigenvalue weighted by Crippen LogP contribution is -2.25. The summed E-state index contributed by atoms with van der Waals surface area (Å²) in [4.78, 5) is 3.34. The second-order valence-corrected chi connectivity index (χ2v) is 5.98. The van der Waals surface area contributed by atoms with Crippen molar-refractivity contribution in [2.45, 2.75) is 31.7 Å². The SMILES string of the molecule is NC1CCCC1Cc1c[nH]c2ccc(Br)cc12. The van der Waals surface area contributed by atoms with Gasteiger partial charge in [0.05, 0.1) is 0 Å². The third-order valence-electron chi connectivity index (χ3n) is 3.93. The van der Waals surface area contributed by atoms with E-state index in [1.165, 1.54) is 35.7 Å². The Balaban J connectivity index is 1.92. The van der Waals surface area contributed by atoms with E-state index in [0.717, 1.165) is 10.9 Å². The lowest BCUT2D eigenvalue weighted by Gasteiger charge is -2.14. The van der Waals surface area contributed by atoms with Crippen molar-refractivity contribution in [3.63, 3.8) is 0 Å². The largest absolute Gasteiger partial charge is 0.361 e. The van der Waals surface area contributed by atoms with Gasteiger partial charge in [0.15, 0.2) is 0 Å². The van der Waals surface area contributed by atoms with Gasteiger partial charge in [0, 0.05) is 27.6 Å². The van der Waals surface area contributed by atoms with Crippen molar-refractivity contribution in [3.8, 4) is 0 Å². The lowest BCUT2D eigenvalue weighted by atomic mass is 9.95. The molecule has 1 aromatic carbocycles. The molecular weight excluding hydrogens is 276 g/mol. The van der Waals surface area contributed by atoms with Crippen LogP contribution in [0.1, 0.15) is 24.8 Å². The topological polar surface area (TPSA) is 41.8 Å². The quantitative estimate of drug-likeness (QED) is 0.872. The summed E-state index contributed by atoms with van der Waals surface area (Å²) in [7, 11) is 0. The second kappa shape index (κ2) is 4.46. The molecule has 1 aliphatic rings. The molecule has 0 aliphatic heterocycles. The minimum Gasteiger partial charge on any atom is -0.361 e. The van der Waals surface area contributed by atoms with Crippen LogP contribution in [0.3, 0.4) is 0 Å². The molecule has 3 heteroatoms. The number of benzene rings is 1. The van der Waals surface area contributed by atoms with E-state index in [9.17, 15) is 0 Å². The van der Waals surface area contributed by atoms with E-state index >= 15 is 0 Å². The van der Waals surface area contributed by atoms with Gasteiger partial charge in [-0.1, -0.05) is 22.4 Å². The highest BCUT2D eigenvalue weighted by atomic mass is 79.9. The molecule has 2 nitrogen and oxygen atoms in total. The standard InChI is InChI=1S/C14H17BrN2/c15-11-4-5-14-12(7-11)10(8-17-14)6-9-2-1-3-13(9)16/h4-5,7-9,13,17H,1-3,6,16H2. The Morgan fingerprint density at radius 1 is 1.35 bits per heavy atom. The summed E-state index contributed by atoms with van der Waals surface area (Å²) in [5, 5.41) is 1.33. The number of hydrogen-bond acceptors (Lipinski definition) is 1. The summed E-state index contributed by atoms with van der Waals surface area (Å²) < 4.78 is 1.14. The molecule has 1 aliphatic carbocycles. The average molecular weight is 293 g/mol. The van der Waals surface area contributed by atoms with Gasteiger partial charge in [0.2, 0.25) is 0 Å². The maximum absolute atomic E-state index is 6.15. The van der Waals surface area contributed by atoms with Crippen LogP contribution in [0.5, 0.6) is 0 Å². The van der Waals surface area contributed by atoms with E-state index in [2.05, 4.69) is 45.3 Å². The van der Waals surface area contributed by atoms with E-state index in [1.54, 1.807) is 0 Å². The molecule has 2 atom stereocenters. The number of halogens is 1. The maximum Gasteiger partial charge on any atom is 0.0457 e. The van der Waals surface area contributed by atoms with Crippen molar-refractivity contribution < 1.29 is 0 Å². The van der Waals surface area contributed by atoms with Crippen LogP contribution in [0.25, 0.3) is 10.9 Å². The summed E-state index contributed by atoms with van der Waals surface area (Å²) >= 11 is 3.54. The molecule has 3 N–H and O–H groups in total. The fraction of sp³-hybridized carbons (Fsp3) is 0.429.